The Morgan fingerprint density at radius 2 is 1.97 bits per heavy atom. The van der Waals surface area contributed by atoms with Crippen molar-refractivity contribution in [3.8, 4) is 11.5 Å². The van der Waals surface area contributed by atoms with Crippen LogP contribution in [0.2, 0.25) is 0 Å². The van der Waals surface area contributed by atoms with Gasteiger partial charge in [-0.15, -0.1) is 0 Å². The summed E-state index contributed by atoms with van der Waals surface area (Å²) in [5.74, 6) is 1.33. The van der Waals surface area contributed by atoms with E-state index in [0.717, 1.165) is 36.1 Å². The van der Waals surface area contributed by atoms with Crippen LogP contribution in [0, 0.1) is 6.92 Å². The number of carbonyl (C=O) groups is 2. The predicted octanol–water partition coefficient (Wildman–Crippen LogP) is 5.12. The molecule has 4 rings (SSSR count). The Balaban J connectivity index is 1.23. The van der Waals surface area contributed by atoms with Crippen LogP contribution in [0.4, 0.5) is 5.69 Å². The van der Waals surface area contributed by atoms with E-state index in [0.29, 0.717) is 33.7 Å². The predicted molar refractivity (Wildman–Crippen MR) is 131 cm³/mol. The van der Waals surface area contributed by atoms with E-state index in [9.17, 15) is 9.59 Å². The van der Waals surface area contributed by atoms with E-state index in [1.807, 2.05) is 55.5 Å². The molecule has 166 valence electrons. The van der Waals surface area contributed by atoms with Gasteiger partial charge in [-0.05, 0) is 55.2 Å². The fourth-order valence-corrected chi connectivity index (χ4v) is 4.81. The lowest BCUT2D eigenvalue weighted by molar-refractivity contribution is -0.122. The van der Waals surface area contributed by atoms with Gasteiger partial charge in [-0.1, -0.05) is 54.7 Å². The Labute approximate surface area is 197 Å². The molecule has 1 fully saturated rings. The molecule has 2 aliphatic heterocycles. The highest BCUT2D eigenvalue weighted by Gasteiger charge is 2.31. The molecule has 2 aromatic carbocycles. The maximum Gasteiger partial charge on any atom is 0.266 e. The Bertz CT molecular complexity index is 1080. The van der Waals surface area contributed by atoms with Crippen molar-refractivity contribution in [2.45, 2.75) is 32.6 Å². The number of ether oxygens (including phenoxy) is 2. The van der Waals surface area contributed by atoms with Crippen molar-refractivity contribution >= 4 is 51.9 Å². The standard InChI is InChI=1S/C24H24N2O4S2/c1-16-7-4-5-8-18(16)25-22(27)9-3-2-6-12-26-23(28)21(32-24(26)31)14-17-10-11-19-20(13-17)30-15-29-19/h4-5,7-8,10-11,13-14H,2-3,6,9,12,15H2,1H3,(H,25,27). The zero-order valence-corrected chi connectivity index (χ0v) is 19.4. The quantitative estimate of drug-likeness (QED) is 0.329. The smallest absolute Gasteiger partial charge is 0.266 e. The summed E-state index contributed by atoms with van der Waals surface area (Å²) in [5.41, 5.74) is 2.77. The molecule has 2 aliphatic rings. The average Bonchev–Trinajstić information content (AvgIpc) is 3.34. The number of hydrogen-bond acceptors (Lipinski definition) is 6. The number of amides is 2. The molecule has 2 aromatic rings. The van der Waals surface area contributed by atoms with Gasteiger partial charge in [0.2, 0.25) is 12.7 Å². The third-order valence-electron chi connectivity index (χ3n) is 5.27. The van der Waals surface area contributed by atoms with Gasteiger partial charge in [0.1, 0.15) is 4.32 Å². The number of aryl methyl sites for hydroxylation is 1. The van der Waals surface area contributed by atoms with Gasteiger partial charge in [-0.3, -0.25) is 14.5 Å². The fourth-order valence-electron chi connectivity index (χ4n) is 3.51. The first-order chi connectivity index (χ1) is 15.5. The summed E-state index contributed by atoms with van der Waals surface area (Å²) in [6.45, 7) is 2.75. The number of hydrogen-bond donors (Lipinski definition) is 1. The maximum atomic E-state index is 12.8. The molecule has 6 nitrogen and oxygen atoms in total. The van der Waals surface area contributed by atoms with Gasteiger partial charge in [-0.25, -0.2) is 0 Å². The van der Waals surface area contributed by atoms with E-state index < -0.39 is 0 Å². The molecule has 0 bridgehead atoms. The number of carbonyl (C=O) groups excluding carboxylic acids is 2. The van der Waals surface area contributed by atoms with Crippen molar-refractivity contribution in [2.75, 3.05) is 18.7 Å². The van der Waals surface area contributed by atoms with Crippen molar-refractivity contribution < 1.29 is 19.1 Å². The van der Waals surface area contributed by atoms with Crippen molar-refractivity contribution in [2.24, 2.45) is 0 Å². The van der Waals surface area contributed by atoms with Crippen LogP contribution in [-0.2, 0) is 9.59 Å². The molecule has 0 unspecified atom stereocenters. The molecule has 1 saturated heterocycles. The van der Waals surface area contributed by atoms with Gasteiger partial charge >= 0.3 is 0 Å². The highest BCUT2D eigenvalue weighted by atomic mass is 32.2. The van der Waals surface area contributed by atoms with Crippen molar-refractivity contribution in [3.05, 3.63) is 58.5 Å². The molecule has 32 heavy (non-hydrogen) atoms. The fraction of sp³-hybridized carbons (Fsp3) is 0.292. The molecule has 0 atom stereocenters. The minimum atomic E-state index is -0.0741. The van der Waals surface area contributed by atoms with Crippen LogP contribution in [0.1, 0.15) is 36.8 Å². The summed E-state index contributed by atoms with van der Waals surface area (Å²) < 4.78 is 11.3. The van der Waals surface area contributed by atoms with Crippen LogP contribution in [-0.4, -0.2) is 34.4 Å². The Hall–Kier alpha value is -2.84. The summed E-state index contributed by atoms with van der Waals surface area (Å²) >= 11 is 6.73. The van der Waals surface area contributed by atoms with E-state index >= 15 is 0 Å². The van der Waals surface area contributed by atoms with Crippen LogP contribution in [0.25, 0.3) is 6.08 Å². The highest BCUT2D eigenvalue weighted by Crippen LogP contribution is 2.36. The number of nitrogens with one attached hydrogen (secondary N) is 1. The van der Waals surface area contributed by atoms with Gasteiger partial charge in [0.15, 0.2) is 11.5 Å². The molecule has 0 saturated carbocycles. The normalized spacial score (nSPS) is 16.2. The Morgan fingerprint density at radius 3 is 2.81 bits per heavy atom. The SMILES string of the molecule is Cc1ccccc1NC(=O)CCCCCN1C(=O)C(=Cc2ccc3c(c2)OCO3)SC1=S. The van der Waals surface area contributed by atoms with Gasteiger partial charge in [0.05, 0.1) is 4.91 Å². The van der Waals surface area contributed by atoms with E-state index in [1.165, 1.54) is 11.8 Å². The number of fused-ring (bicyclic) bond motifs is 1. The van der Waals surface area contributed by atoms with Gasteiger partial charge in [-0.2, -0.15) is 0 Å². The van der Waals surface area contributed by atoms with Crippen LogP contribution in [0.3, 0.4) is 0 Å². The van der Waals surface area contributed by atoms with E-state index in [4.69, 9.17) is 21.7 Å². The van der Waals surface area contributed by atoms with Gasteiger partial charge in [0, 0.05) is 18.7 Å². The molecule has 0 aromatic heterocycles. The third-order valence-corrected chi connectivity index (χ3v) is 6.65. The third kappa shape index (κ3) is 5.31. The first-order valence-electron chi connectivity index (χ1n) is 10.5. The number of benzene rings is 2. The first kappa shape index (κ1) is 22.4. The van der Waals surface area contributed by atoms with Crippen LogP contribution in [0.5, 0.6) is 11.5 Å². The van der Waals surface area contributed by atoms with Crippen LogP contribution >= 0.6 is 24.0 Å². The molecule has 0 radical (unpaired) electrons. The number of rotatable bonds is 8. The summed E-state index contributed by atoms with van der Waals surface area (Å²) in [6, 6.07) is 13.3. The number of thioether (sulfide) groups is 1. The summed E-state index contributed by atoms with van der Waals surface area (Å²) in [5, 5.41) is 2.95. The van der Waals surface area contributed by atoms with Crippen LogP contribution in [0.15, 0.2) is 47.4 Å². The van der Waals surface area contributed by atoms with Crippen molar-refractivity contribution in [1.82, 2.24) is 4.90 Å². The molecule has 1 N–H and O–H groups in total. The summed E-state index contributed by atoms with van der Waals surface area (Å²) in [6.07, 6.45) is 4.69. The minimum Gasteiger partial charge on any atom is -0.454 e. The van der Waals surface area contributed by atoms with E-state index in [1.54, 1.807) is 4.90 Å². The number of anilines is 1. The highest BCUT2D eigenvalue weighted by molar-refractivity contribution is 8.26. The van der Waals surface area contributed by atoms with Crippen LogP contribution < -0.4 is 14.8 Å². The molecule has 0 aliphatic carbocycles. The van der Waals surface area contributed by atoms with Crippen molar-refractivity contribution in [3.63, 3.8) is 0 Å². The lowest BCUT2D eigenvalue weighted by Gasteiger charge is -2.14. The largest absolute Gasteiger partial charge is 0.454 e. The number of nitrogens with zero attached hydrogens (tertiary/aromatic N) is 1. The monoisotopic (exact) mass is 468 g/mol. The van der Waals surface area contributed by atoms with Gasteiger partial charge in [0.25, 0.3) is 5.91 Å². The molecule has 0 spiro atoms. The second-order valence-corrected chi connectivity index (χ2v) is 9.30. The maximum absolute atomic E-state index is 12.8. The average molecular weight is 469 g/mol. The van der Waals surface area contributed by atoms with Crippen molar-refractivity contribution in [1.29, 1.82) is 0 Å². The van der Waals surface area contributed by atoms with E-state index in [2.05, 4.69) is 5.32 Å². The minimum absolute atomic E-state index is 0.0107. The van der Waals surface area contributed by atoms with Gasteiger partial charge < -0.3 is 14.8 Å². The number of thiocarbonyl (C=S) groups is 1. The Kier molecular flexibility index (Phi) is 7.12. The topological polar surface area (TPSA) is 67.9 Å². The molecule has 2 heterocycles. The Morgan fingerprint density at radius 1 is 1.16 bits per heavy atom. The second kappa shape index (κ2) is 10.2. The molecular formula is C24H24N2O4S2. The summed E-state index contributed by atoms with van der Waals surface area (Å²) in [4.78, 5) is 27.2. The molecule has 8 heteroatoms. The van der Waals surface area contributed by atoms with E-state index in [-0.39, 0.29) is 18.6 Å². The molecule has 2 amide bonds. The zero-order valence-electron chi connectivity index (χ0n) is 17.8. The lowest BCUT2D eigenvalue weighted by atomic mass is 10.1. The lowest BCUT2D eigenvalue weighted by Crippen LogP contribution is -2.29. The second-order valence-electron chi connectivity index (χ2n) is 7.62. The summed E-state index contributed by atoms with van der Waals surface area (Å²) in [7, 11) is 0. The number of unbranched alkanes of at least 4 members (excludes halogenated alkanes) is 2. The first-order valence-corrected chi connectivity index (χ1v) is 11.7. The molecular weight excluding hydrogens is 444 g/mol. The zero-order chi connectivity index (χ0) is 22.5. The number of para-hydroxylation sites is 1.